The fourth-order valence-corrected chi connectivity index (χ4v) is 9.11. The van der Waals surface area contributed by atoms with Crippen LogP contribution in [0.4, 0.5) is 19.4 Å². The molecule has 1 N–H and O–H groups in total. The van der Waals surface area contributed by atoms with Crippen molar-refractivity contribution < 1.29 is 42.4 Å². The summed E-state index contributed by atoms with van der Waals surface area (Å²) in [7, 11) is 0. The lowest BCUT2D eigenvalue weighted by atomic mass is 9.95. The van der Waals surface area contributed by atoms with Crippen molar-refractivity contribution in [2.75, 3.05) is 44.3 Å². The zero-order chi connectivity index (χ0) is 42.1. The number of piperazine rings is 1. The fourth-order valence-electron chi connectivity index (χ4n) is 9.11. The Morgan fingerprint density at radius 3 is 2.55 bits per heavy atom. The molecule has 1 amide bonds. The Labute approximate surface area is 348 Å². The minimum Gasteiger partial charge on any atom is -0.481 e. The third kappa shape index (κ3) is 8.76. The van der Waals surface area contributed by atoms with Gasteiger partial charge in [-0.25, -0.2) is 13.6 Å². The summed E-state index contributed by atoms with van der Waals surface area (Å²) >= 11 is 0. The van der Waals surface area contributed by atoms with Gasteiger partial charge in [0.15, 0.2) is 12.1 Å². The van der Waals surface area contributed by atoms with Gasteiger partial charge in [0.05, 0.1) is 29.6 Å². The van der Waals surface area contributed by atoms with Crippen LogP contribution in [0.1, 0.15) is 90.5 Å². The van der Waals surface area contributed by atoms with Crippen LogP contribution in [-0.2, 0) is 14.3 Å². The number of nitrogens with zero attached hydrogens (tertiary/aromatic N) is 6. The van der Waals surface area contributed by atoms with E-state index in [0.717, 1.165) is 58.0 Å². The van der Waals surface area contributed by atoms with E-state index in [1.54, 1.807) is 18.2 Å². The highest BCUT2D eigenvalue weighted by Gasteiger charge is 2.45. The maximum Gasteiger partial charge on any atom is 0.410 e. The Morgan fingerprint density at radius 2 is 1.83 bits per heavy atom. The molecule has 8 rings (SSSR count). The Kier molecular flexibility index (Phi) is 12.0. The lowest BCUT2D eigenvalue weighted by molar-refractivity contribution is -0.137. The first-order valence-electron chi connectivity index (χ1n) is 21.1. The molecule has 0 saturated carbocycles. The van der Waals surface area contributed by atoms with Crippen LogP contribution in [0.2, 0.25) is 0 Å². The highest BCUT2D eigenvalue weighted by molar-refractivity contribution is 6.03. The molecule has 4 aliphatic rings. The molecule has 4 aliphatic heterocycles. The molecular weight excluding hydrogens is 775 g/mol. The number of carbonyl (C=O) groups excluding carboxylic acids is 1. The summed E-state index contributed by atoms with van der Waals surface area (Å²) in [6.45, 7) is 8.81. The van der Waals surface area contributed by atoms with E-state index in [1.165, 1.54) is 12.3 Å². The van der Waals surface area contributed by atoms with Crippen LogP contribution < -0.4 is 14.4 Å². The van der Waals surface area contributed by atoms with E-state index in [4.69, 9.17) is 35.5 Å². The van der Waals surface area contributed by atoms with Gasteiger partial charge < -0.3 is 29.0 Å². The summed E-state index contributed by atoms with van der Waals surface area (Å²) in [6.07, 6.45) is 14.0. The van der Waals surface area contributed by atoms with E-state index in [-0.39, 0.29) is 65.6 Å². The predicted molar refractivity (Wildman–Crippen MR) is 221 cm³/mol. The zero-order valence-corrected chi connectivity index (χ0v) is 34.4. The molecule has 0 spiro atoms. The van der Waals surface area contributed by atoms with Gasteiger partial charge in [-0.15, -0.1) is 6.42 Å². The van der Waals surface area contributed by atoms with Gasteiger partial charge in [-0.3, -0.25) is 19.6 Å². The SMILES string of the molecule is C#Cc1c(F)ccc2cc(OC3CCCCO3)cc(-c3ncc4c(N5CC6CCC(C5)N6C(=O)OC(C)(C)C)nc(OC[C@@H]5CCCN5CCCCC(=O)O)nc4c3F)c12. The van der Waals surface area contributed by atoms with Crippen LogP contribution >= 0.6 is 0 Å². The Bertz CT molecular complexity index is 2290. The number of carboxylic acids is 1. The lowest BCUT2D eigenvalue weighted by Crippen LogP contribution is -2.57. The van der Waals surface area contributed by atoms with Gasteiger partial charge in [0.1, 0.15) is 40.8 Å². The predicted octanol–water partition coefficient (Wildman–Crippen LogP) is 7.70. The minimum absolute atomic E-state index is 0.0139. The molecule has 4 fully saturated rings. The molecule has 4 saturated heterocycles. The molecule has 4 atom stereocenters. The summed E-state index contributed by atoms with van der Waals surface area (Å²) in [5, 5.41) is 10.3. The number of carbonyl (C=O) groups is 2. The van der Waals surface area contributed by atoms with E-state index >= 15 is 8.78 Å². The van der Waals surface area contributed by atoms with Crippen LogP contribution in [0, 0.1) is 24.0 Å². The van der Waals surface area contributed by atoms with Gasteiger partial charge in [0.2, 0.25) is 0 Å². The number of unbranched alkanes of at least 4 members (excludes halogenated alkanes) is 1. The lowest BCUT2D eigenvalue weighted by Gasteiger charge is -2.42. The molecule has 318 valence electrons. The summed E-state index contributed by atoms with van der Waals surface area (Å²) < 4.78 is 57.0. The molecule has 15 heteroatoms. The summed E-state index contributed by atoms with van der Waals surface area (Å²) in [4.78, 5) is 44.8. The number of likely N-dealkylation sites (tertiary alicyclic amines) is 1. The zero-order valence-electron chi connectivity index (χ0n) is 34.4. The first-order valence-corrected chi connectivity index (χ1v) is 21.1. The largest absolute Gasteiger partial charge is 0.481 e. The molecule has 13 nitrogen and oxygen atoms in total. The van der Waals surface area contributed by atoms with Crippen molar-refractivity contribution in [3.63, 3.8) is 0 Å². The number of rotatable bonds is 12. The normalized spacial score (nSPS) is 22.0. The summed E-state index contributed by atoms with van der Waals surface area (Å²) in [5.74, 6) is 1.09. The number of aliphatic carboxylic acids is 1. The number of aromatic nitrogens is 3. The highest BCUT2D eigenvalue weighted by Crippen LogP contribution is 2.41. The first kappa shape index (κ1) is 41.4. The highest BCUT2D eigenvalue weighted by atomic mass is 19.1. The number of hydrogen-bond donors (Lipinski definition) is 1. The third-order valence-corrected chi connectivity index (χ3v) is 11.9. The summed E-state index contributed by atoms with van der Waals surface area (Å²) in [6, 6.07) is 5.95. The van der Waals surface area contributed by atoms with E-state index in [1.807, 2.05) is 30.6 Å². The molecular formula is C45H52F2N6O7. The van der Waals surface area contributed by atoms with Crippen molar-refractivity contribution >= 4 is 39.6 Å². The van der Waals surface area contributed by atoms with E-state index in [9.17, 15) is 9.59 Å². The molecule has 0 radical (unpaired) electrons. The topological polar surface area (TPSA) is 140 Å². The number of terminal acetylenes is 1. The Morgan fingerprint density at radius 1 is 1.03 bits per heavy atom. The minimum atomic E-state index is -0.808. The first-order chi connectivity index (χ1) is 28.9. The molecule has 0 aliphatic carbocycles. The van der Waals surface area contributed by atoms with E-state index < -0.39 is 29.5 Å². The average molecular weight is 827 g/mol. The second-order valence-corrected chi connectivity index (χ2v) is 17.2. The van der Waals surface area contributed by atoms with E-state index in [2.05, 4.69) is 20.8 Å². The van der Waals surface area contributed by atoms with Gasteiger partial charge in [-0.2, -0.15) is 9.97 Å². The van der Waals surface area contributed by atoms with Gasteiger partial charge >= 0.3 is 18.1 Å². The van der Waals surface area contributed by atoms with Gasteiger partial charge in [-0.05, 0) is 109 Å². The number of fused-ring (bicyclic) bond motifs is 4. The van der Waals surface area contributed by atoms with Crippen molar-refractivity contribution in [3.8, 4) is 35.4 Å². The third-order valence-electron chi connectivity index (χ3n) is 11.9. The van der Waals surface area contributed by atoms with Crippen LogP contribution in [0.3, 0.4) is 0 Å². The maximum atomic E-state index is 17.5. The fraction of sp³-hybridized carbons (Fsp3) is 0.533. The standard InChI is InChI=1S/C45H52F2N6O7/c1-5-32-35(46)17-14-27-21-31(59-37-13-7-9-20-57-37)22-33(38(27)32)40-39(47)41-34(23-48-40)42(52-24-28-15-16-29(25-52)53(28)44(56)60-45(2,3)4)50-43(49-41)58-26-30-11-10-19-51(30)18-8-6-12-36(54)55/h1,14,17,21-23,28-30,37H,6-13,15-16,18-20,24-26H2,2-4H3,(H,54,55)/t28?,29?,30-,37?/m0/s1. The Hall–Kier alpha value is -5.33. The number of carboxylic acid groups (broad SMARTS) is 1. The van der Waals surface area contributed by atoms with Crippen LogP contribution in [0.5, 0.6) is 11.8 Å². The van der Waals surface area contributed by atoms with Crippen LogP contribution in [-0.4, -0.2) is 111 Å². The van der Waals surface area contributed by atoms with E-state index in [0.29, 0.717) is 60.3 Å². The van der Waals surface area contributed by atoms with Gasteiger partial charge in [0.25, 0.3) is 0 Å². The molecule has 2 bridgehead atoms. The molecule has 2 aromatic carbocycles. The Balaban J connectivity index is 1.18. The quantitative estimate of drug-likeness (QED) is 0.111. The molecule has 6 heterocycles. The monoisotopic (exact) mass is 826 g/mol. The molecule has 2 aromatic heterocycles. The second-order valence-electron chi connectivity index (χ2n) is 17.2. The maximum absolute atomic E-state index is 17.5. The van der Waals surface area contributed by atoms with Crippen molar-refractivity contribution in [2.24, 2.45) is 0 Å². The molecule has 3 unspecified atom stereocenters. The summed E-state index contributed by atoms with van der Waals surface area (Å²) in [5.41, 5.74) is -0.573. The average Bonchev–Trinajstić information content (AvgIpc) is 3.78. The van der Waals surface area contributed by atoms with Gasteiger partial charge in [0, 0.05) is 49.1 Å². The van der Waals surface area contributed by atoms with Crippen molar-refractivity contribution in [3.05, 3.63) is 47.7 Å². The number of benzene rings is 2. The number of hydrogen-bond acceptors (Lipinski definition) is 11. The molecule has 4 aromatic rings. The van der Waals surface area contributed by atoms with Crippen LogP contribution in [0.25, 0.3) is 32.9 Å². The molecule has 60 heavy (non-hydrogen) atoms. The number of amides is 1. The number of ether oxygens (including phenoxy) is 4. The van der Waals surface area contributed by atoms with Crippen LogP contribution in [0.15, 0.2) is 30.5 Å². The smallest absolute Gasteiger partial charge is 0.410 e. The number of anilines is 1. The van der Waals surface area contributed by atoms with Crippen molar-refractivity contribution in [1.82, 2.24) is 24.8 Å². The van der Waals surface area contributed by atoms with Crippen molar-refractivity contribution in [1.29, 1.82) is 0 Å². The van der Waals surface area contributed by atoms with Gasteiger partial charge in [-0.1, -0.05) is 12.0 Å². The second kappa shape index (κ2) is 17.3. The number of halogens is 2. The van der Waals surface area contributed by atoms with Crippen molar-refractivity contribution in [2.45, 2.75) is 115 Å². The number of pyridine rings is 1.